The second-order valence-electron chi connectivity index (χ2n) is 6.71. The van der Waals surface area contributed by atoms with Crippen LogP contribution in [0, 0.1) is 0 Å². The van der Waals surface area contributed by atoms with Gasteiger partial charge in [0.2, 0.25) is 0 Å². The van der Waals surface area contributed by atoms with E-state index in [9.17, 15) is 0 Å². The van der Waals surface area contributed by atoms with Gasteiger partial charge in [0.15, 0.2) is 0 Å². The highest BCUT2D eigenvalue weighted by Gasteiger charge is 2.52. The maximum absolute atomic E-state index is 5.12. The summed E-state index contributed by atoms with van der Waals surface area (Å²) < 4.78 is 5.12. The predicted molar refractivity (Wildman–Crippen MR) is 81.0 cm³/mol. The summed E-state index contributed by atoms with van der Waals surface area (Å²) in [7, 11) is 0. The molecule has 3 aliphatic heterocycles. The average molecular weight is 277 g/mol. The predicted octanol–water partition coefficient (Wildman–Crippen LogP) is 1.79. The molecule has 0 spiro atoms. The van der Waals surface area contributed by atoms with Crippen molar-refractivity contribution >= 4 is 0 Å². The molecule has 0 aliphatic carbocycles. The summed E-state index contributed by atoms with van der Waals surface area (Å²) in [6.45, 7) is 5.30. The molecular formula is C17H29N2O+. The van der Waals surface area contributed by atoms with Crippen LogP contribution in [0.1, 0.15) is 50.5 Å². The molecule has 3 nitrogen and oxygen atoms in total. The number of furan rings is 1. The Labute approximate surface area is 122 Å². The molecule has 3 saturated heterocycles. The van der Waals surface area contributed by atoms with Crippen LogP contribution in [-0.4, -0.2) is 31.7 Å². The van der Waals surface area contributed by atoms with Crippen molar-refractivity contribution in [3.63, 3.8) is 0 Å². The Morgan fingerprint density at radius 2 is 1.90 bits per heavy atom. The number of hydrogen-bond donors (Lipinski definition) is 2. The molecule has 2 atom stereocenters. The topological polar surface area (TPSA) is 29.6 Å². The third-order valence-electron chi connectivity index (χ3n) is 5.37. The Morgan fingerprint density at radius 1 is 1.05 bits per heavy atom. The summed E-state index contributed by atoms with van der Waals surface area (Å²) in [5.41, 5.74) is 2.00. The normalized spacial score (nSPS) is 32.5. The van der Waals surface area contributed by atoms with Crippen LogP contribution < -0.4 is 10.2 Å². The van der Waals surface area contributed by atoms with Crippen molar-refractivity contribution in [3.8, 4) is 0 Å². The Bertz CT molecular complexity index is 370. The van der Waals surface area contributed by atoms with Gasteiger partial charge in [-0.1, -0.05) is 12.8 Å². The van der Waals surface area contributed by atoms with Gasteiger partial charge in [-0.25, -0.2) is 0 Å². The van der Waals surface area contributed by atoms with Gasteiger partial charge in [-0.2, -0.15) is 0 Å². The molecule has 0 amide bonds. The van der Waals surface area contributed by atoms with Crippen molar-refractivity contribution in [3.05, 3.63) is 24.2 Å². The standard InChI is InChI=1S/C11H15NO.C6H13N/c1-3-11(4-6-12(11)5-1)8-10-2-7-13-9-10;1-2-4-6-7-5-3-1/h2,7,9H,1,3-6,8H2;7H,1-6H2/p+1. The van der Waals surface area contributed by atoms with E-state index in [1.807, 2.05) is 11.2 Å². The van der Waals surface area contributed by atoms with Crippen molar-refractivity contribution in [1.82, 2.24) is 5.32 Å². The molecule has 3 aliphatic rings. The van der Waals surface area contributed by atoms with Crippen LogP contribution in [0.25, 0.3) is 0 Å². The van der Waals surface area contributed by atoms with Crippen LogP contribution in [0.4, 0.5) is 0 Å². The van der Waals surface area contributed by atoms with E-state index in [0.717, 1.165) is 0 Å². The summed E-state index contributed by atoms with van der Waals surface area (Å²) in [5, 5.41) is 3.35. The van der Waals surface area contributed by atoms with Crippen LogP contribution in [0.5, 0.6) is 0 Å². The zero-order valence-electron chi connectivity index (χ0n) is 12.6. The third kappa shape index (κ3) is 3.26. The molecule has 3 fully saturated rings. The highest BCUT2D eigenvalue weighted by molar-refractivity contribution is 5.11. The number of hydrogen-bond acceptors (Lipinski definition) is 2. The minimum Gasteiger partial charge on any atom is -0.472 e. The lowest BCUT2D eigenvalue weighted by molar-refractivity contribution is -0.983. The Hall–Kier alpha value is -0.800. The van der Waals surface area contributed by atoms with Gasteiger partial charge in [0.1, 0.15) is 5.54 Å². The first-order valence-corrected chi connectivity index (χ1v) is 8.46. The van der Waals surface area contributed by atoms with E-state index in [1.165, 1.54) is 83.1 Å². The molecule has 112 valence electrons. The molecule has 2 N–H and O–H groups in total. The molecule has 2 unspecified atom stereocenters. The highest BCUT2D eigenvalue weighted by atomic mass is 16.3. The van der Waals surface area contributed by atoms with Gasteiger partial charge in [0.25, 0.3) is 0 Å². The fraction of sp³-hybridized carbons (Fsp3) is 0.765. The van der Waals surface area contributed by atoms with E-state index in [-0.39, 0.29) is 0 Å². The number of nitrogens with one attached hydrogen (secondary N) is 2. The van der Waals surface area contributed by atoms with Crippen molar-refractivity contribution < 1.29 is 9.32 Å². The highest BCUT2D eigenvalue weighted by Crippen LogP contribution is 2.28. The Balaban J connectivity index is 0.000000147. The third-order valence-corrected chi connectivity index (χ3v) is 5.37. The molecule has 0 aromatic carbocycles. The second kappa shape index (κ2) is 6.77. The van der Waals surface area contributed by atoms with Crippen molar-refractivity contribution in [2.45, 2.75) is 56.9 Å². The summed E-state index contributed by atoms with van der Waals surface area (Å²) in [6, 6.07) is 2.11. The zero-order valence-corrected chi connectivity index (χ0v) is 12.6. The lowest BCUT2D eigenvalue weighted by Crippen LogP contribution is -3.24. The van der Waals surface area contributed by atoms with Crippen molar-refractivity contribution in [2.24, 2.45) is 0 Å². The molecule has 0 saturated carbocycles. The molecule has 1 aromatic rings. The van der Waals surface area contributed by atoms with Gasteiger partial charge in [-0.05, 0) is 37.6 Å². The minimum atomic E-state index is 0.615. The Kier molecular flexibility index (Phi) is 4.79. The summed E-state index contributed by atoms with van der Waals surface area (Å²) >= 11 is 0. The summed E-state index contributed by atoms with van der Waals surface area (Å²) in [5.74, 6) is 0. The van der Waals surface area contributed by atoms with E-state index < -0.39 is 0 Å². The van der Waals surface area contributed by atoms with Gasteiger partial charge in [-0.15, -0.1) is 0 Å². The van der Waals surface area contributed by atoms with E-state index in [0.29, 0.717) is 5.54 Å². The first-order valence-electron chi connectivity index (χ1n) is 8.46. The fourth-order valence-corrected chi connectivity index (χ4v) is 4.05. The van der Waals surface area contributed by atoms with Crippen LogP contribution in [0.2, 0.25) is 0 Å². The van der Waals surface area contributed by atoms with Crippen LogP contribution in [-0.2, 0) is 6.42 Å². The van der Waals surface area contributed by atoms with Gasteiger partial charge in [0, 0.05) is 19.3 Å². The fourth-order valence-electron chi connectivity index (χ4n) is 4.05. The molecule has 20 heavy (non-hydrogen) atoms. The second-order valence-corrected chi connectivity index (χ2v) is 6.71. The van der Waals surface area contributed by atoms with Crippen molar-refractivity contribution in [2.75, 3.05) is 26.2 Å². The smallest absolute Gasteiger partial charge is 0.107 e. The lowest BCUT2D eigenvalue weighted by atomic mass is 9.80. The summed E-state index contributed by atoms with van der Waals surface area (Å²) in [6.07, 6.45) is 14.9. The molecule has 0 bridgehead atoms. The monoisotopic (exact) mass is 277 g/mol. The number of quaternary nitrogens is 1. The maximum atomic E-state index is 5.12. The first-order chi connectivity index (χ1) is 9.89. The van der Waals surface area contributed by atoms with Gasteiger partial charge >= 0.3 is 0 Å². The van der Waals surface area contributed by atoms with E-state index >= 15 is 0 Å². The van der Waals surface area contributed by atoms with Crippen LogP contribution in [0.3, 0.4) is 0 Å². The van der Waals surface area contributed by atoms with Crippen LogP contribution in [0.15, 0.2) is 23.0 Å². The number of fused-ring (bicyclic) bond motifs is 1. The molecular weight excluding hydrogens is 248 g/mol. The zero-order chi connectivity index (χ0) is 13.7. The van der Waals surface area contributed by atoms with Gasteiger partial charge < -0.3 is 14.6 Å². The van der Waals surface area contributed by atoms with Crippen molar-refractivity contribution in [1.29, 1.82) is 0 Å². The molecule has 3 heteroatoms. The van der Waals surface area contributed by atoms with E-state index in [4.69, 9.17) is 4.42 Å². The molecule has 4 rings (SSSR count). The molecule has 1 aromatic heterocycles. The van der Waals surface area contributed by atoms with Gasteiger partial charge in [0.05, 0.1) is 32.0 Å². The van der Waals surface area contributed by atoms with E-state index in [1.54, 1.807) is 6.26 Å². The number of rotatable bonds is 2. The van der Waals surface area contributed by atoms with E-state index in [2.05, 4.69) is 11.4 Å². The quantitative estimate of drug-likeness (QED) is 0.863. The van der Waals surface area contributed by atoms with Gasteiger partial charge in [-0.3, -0.25) is 0 Å². The minimum absolute atomic E-state index is 0.615. The average Bonchev–Trinajstić information content (AvgIpc) is 2.91. The SMILES string of the molecule is C1CCCNCC1.c1cc(CC23CCC[NH+]2CC3)co1. The lowest BCUT2D eigenvalue weighted by Gasteiger charge is -2.44. The Morgan fingerprint density at radius 3 is 2.50 bits per heavy atom. The molecule has 4 heterocycles. The maximum Gasteiger partial charge on any atom is 0.107 e. The first kappa shape index (κ1) is 14.2. The molecule has 0 radical (unpaired) electrons. The largest absolute Gasteiger partial charge is 0.472 e. The van der Waals surface area contributed by atoms with Crippen LogP contribution >= 0.6 is 0 Å². The summed E-state index contributed by atoms with van der Waals surface area (Å²) in [4.78, 5) is 1.84.